The molecular formula is C12H15N3O2S. The lowest BCUT2D eigenvalue weighted by atomic mass is 10.2. The zero-order valence-corrected chi connectivity index (χ0v) is 10.9. The number of ether oxygens (including phenoxy) is 1. The summed E-state index contributed by atoms with van der Waals surface area (Å²) in [6.45, 7) is 4.07. The highest BCUT2D eigenvalue weighted by atomic mass is 32.1. The Kier molecular flexibility index (Phi) is 3.19. The number of hydrogen-bond donors (Lipinski definition) is 0. The summed E-state index contributed by atoms with van der Waals surface area (Å²) in [5.41, 5.74) is 1.26. The molecule has 3 rings (SSSR count). The van der Waals surface area contributed by atoms with Crippen LogP contribution in [-0.4, -0.2) is 53.5 Å². The number of carbonyl (C=O) groups is 1. The quantitative estimate of drug-likeness (QED) is 0.805. The summed E-state index contributed by atoms with van der Waals surface area (Å²) < 4.78 is 5.25. The van der Waals surface area contributed by atoms with Gasteiger partial charge < -0.3 is 14.5 Å². The molecule has 2 aliphatic rings. The van der Waals surface area contributed by atoms with Crippen molar-refractivity contribution in [1.29, 1.82) is 0 Å². The van der Waals surface area contributed by atoms with Gasteiger partial charge in [-0.3, -0.25) is 4.79 Å². The summed E-state index contributed by atoms with van der Waals surface area (Å²) in [6, 6.07) is 0. The summed E-state index contributed by atoms with van der Waals surface area (Å²) in [5, 5.41) is 2.43. The maximum absolute atomic E-state index is 12.1. The first kappa shape index (κ1) is 11.5. The van der Waals surface area contributed by atoms with Crippen LogP contribution >= 0.6 is 11.3 Å². The van der Waals surface area contributed by atoms with E-state index in [1.54, 1.807) is 6.20 Å². The number of aromatic nitrogens is 1. The molecule has 1 aromatic heterocycles. The van der Waals surface area contributed by atoms with Gasteiger partial charge in [-0.1, -0.05) is 0 Å². The van der Waals surface area contributed by atoms with E-state index in [2.05, 4.69) is 9.88 Å². The lowest BCUT2D eigenvalue weighted by Crippen LogP contribution is -2.48. The third-order valence-electron chi connectivity index (χ3n) is 3.28. The smallest absolute Gasteiger partial charge is 0.282 e. The van der Waals surface area contributed by atoms with Gasteiger partial charge in [-0.15, -0.1) is 11.3 Å². The van der Waals surface area contributed by atoms with Crippen molar-refractivity contribution >= 4 is 17.2 Å². The van der Waals surface area contributed by atoms with Crippen molar-refractivity contribution in [1.82, 2.24) is 14.8 Å². The Morgan fingerprint density at radius 2 is 2.17 bits per heavy atom. The van der Waals surface area contributed by atoms with Gasteiger partial charge in [0, 0.05) is 44.2 Å². The maximum atomic E-state index is 12.1. The van der Waals surface area contributed by atoms with Gasteiger partial charge in [-0.25, -0.2) is 4.98 Å². The van der Waals surface area contributed by atoms with Crippen molar-refractivity contribution in [2.75, 3.05) is 32.8 Å². The van der Waals surface area contributed by atoms with Gasteiger partial charge in [0.25, 0.3) is 5.91 Å². The van der Waals surface area contributed by atoms with Gasteiger partial charge in [0.15, 0.2) is 5.01 Å². The van der Waals surface area contributed by atoms with Crippen LogP contribution in [0.3, 0.4) is 0 Å². The second-order valence-electron chi connectivity index (χ2n) is 4.35. The Hall–Kier alpha value is -1.56. The van der Waals surface area contributed by atoms with E-state index in [4.69, 9.17) is 4.74 Å². The highest BCUT2D eigenvalue weighted by Gasteiger charge is 2.25. The van der Waals surface area contributed by atoms with Crippen molar-refractivity contribution in [2.45, 2.75) is 6.42 Å². The number of hydrogen-bond acceptors (Lipinski definition) is 5. The Bertz CT molecular complexity index is 450. The Labute approximate surface area is 110 Å². The highest BCUT2D eigenvalue weighted by molar-refractivity contribution is 7.11. The van der Waals surface area contributed by atoms with E-state index in [0.29, 0.717) is 5.01 Å². The fraction of sp³-hybridized carbons (Fsp3) is 0.500. The van der Waals surface area contributed by atoms with Gasteiger partial charge in [0.1, 0.15) is 6.26 Å². The van der Waals surface area contributed by atoms with Crippen molar-refractivity contribution in [3.05, 3.63) is 28.5 Å². The molecule has 0 aromatic carbocycles. The van der Waals surface area contributed by atoms with Crippen LogP contribution in [0.25, 0.3) is 0 Å². The summed E-state index contributed by atoms with van der Waals surface area (Å²) in [5.74, 6) is 0.0568. The maximum Gasteiger partial charge on any atom is 0.282 e. The van der Waals surface area contributed by atoms with Crippen LogP contribution in [0.5, 0.6) is 0 Å². The van der Waals surface area contributed by atoms with Crippen LogP contribution in [0.15, 0.2) is 23.5 Å². The molecule has 5 nitrogen and oxygen atoms in total. The second kappa shape index (κ2) is 4.97. The lowest BCUT2D eigenvalue weighted by Gasteiger charge is -2.35. The van der Waals surface area contributed by atoms with Crippen molar-refractivity contribution in [3.63, 3.8) is 0 Å². The molecule has 0 aliphatic carbocycles. The molecule has 0 radical (unpaired) electrons. The standard InChI is InChI=1S/C12H15N3O2S/c16-12(11-13-2-8-18-11)15-5-3-14(4-6-15)10-1-7-17-9-10/h2,8-9H,1,3-7H2. The first-order chi connectivity index (χ1) is 8.84. The van der Waals surface area contributed by atoms with E-state index in [1.807, 2.05) is 16.5 Å². The van der Waals surface area contributed by atoms with E-state index in [1.165, 1.54) is 17.0 Å². The van der Waals surface area contributed by atoms with Gasteiger partial charge in [-0.05, 0) is 0 Å². The molecule has 18 heavy (non-hydrogen) atoms. The molecule has 0 N–H and O–H groups in total. The monoisotopic (exact) mass is 265 g/mol. The number of amides is 1. The topological polar surface area (TPSA) is 45.7 Å². The molecule has 3 heterocycles. The number of thiazole rings is 1. The molecule has 1 amide bonds. The fourth-order valence-electron chi connectivity index (χ4n) is 2.27. The molecule has 0 saturated carbocycles. The first-order valence-corrected chi connectivity index (χ1v) is 6.97. The molecule has 0 spiro atoms. The average molecular weight is 265 g/mol. The molecule has 2 aliphatic heterocycles. The summed E-state index contributed by atoms with van der Waals surface area (Å²) in [6.07, 6.45) is 4.51. The SMILES string of the molecule is O=C(c1nccs1)N1CCN(C2=COCC2)CC1. The largest absolute Gasteiger partial charge is 0.499 e. The van der Waals surface area contributed by atoms with Crippen LogP contribution in [0, 0.1) is 0 Å². The van der Waals surface area contributed by atoms with Crippen molar-refractivity contribution < 1.29 is 9.53 Å². The van der Waals surface area contributed by atoms with Crippen molar-refractivity contribution in [3.8, 4) is 0 Å². The summed E-state index contributed by atoms with van der Waals surface area (Å²) in [4.78, 5) is 20.4. The Morgan fingerprint density at radius 3 is 2.78 bits per heavy atom. The number of piperazine rings is 1. The number of nitrogens with zero attached hydrogens (tertiary/aromatic N) is 3. The summed E-state index contributed by atoms with van der Waals surface area (Å²) >= 11 is 1.40. The predicted octanol–water partition coefficient (Wildman–Crippen LogP) is 1.16. The first-order valence-electron chi connectivity index (χ1n) is 6.09. The van der Waals surface area contributed by atoms with Crippen LogP contribution in [-0.2, 0) is 4.74 Å². The van der Waals surface area contributed by atoms with Gasteiger partial charge >= 0.3 is 0 Å². The molecular weight excluding hydrogens is 250 g/mol. The zero-order valence-electron chi connectivity index (χ0n) is 10.0. The summed E-state index contributed by atoms with van der Waals surface area (Å²) in [7, 11) is 0. The third kappa shape index (κ3) is 2.20. The third-order valence-corrected chi connectivity index (χ3v) is 4.04. The molecule has 1 saturated heterocycles. The Morgan fingerprint density at radius 1 is 1.33 bits per heavy atom. The molecule has 1 fully saturated rings. The normalized spacial score (nSPS) is 19.7. The molecule has 0 unspecified atom stereocenters. The number of carbonyl (C=O) groups excluding carboxylic acids is 1. The molecule has 0 bridgehead atoms. The Balaban J connectivity index is 1.58. The predicted molar refractivity (Wildman–Crippen MR) is 68.2 cm³/mol. The fourth-order valence-corrected chi connectivity index (χ4v) is 2.87. The lowest BCUT2D eigenvalue weighted by molar-refractivity contribution is 0.0667. The van der Waals surface area contributed by atoms with Crippen LogP contribution in [0.1, 0.15) is 16.2 Å². The van der Waals surface area contributed by atoms with Crippen LogP contribution in [0.4, 0.5) is 0 Å². The molecule has 6 heteroatoms. The van der Waals surface area contributed by atoms with E-state index < -0.39 is 0 Å². The minimum Gasteiger partial charge on any atom is -0.499 e. The molecule has 1 aromatic rings. The van der Waals surface area contributed by atoms with Crippen molar-refractivity contribution in [2.24, 2.45) is 0 Å². The molecule has 96 valence electrons. The number of rotatable bonds is 2. The van der Waals surface area contributed by atoms with Crippen LogP contribution < -0.4 is 0 Å². The van der Waals surface area contributed by atoms with Gasteiger partial charge in [0.2, 0.25) is 0 Å². The average Bonchev–Trinajstić information content (AvgIpc) is 3.11. The van der Waals surface area contributed by atoms with E-state index >= 15 is 0 Å². The minimum absolute atomic E-state index is 0.0568. The van der Waals surface area contributed by atoms with E-state index in [0.717, 1.165) is 39.2 Å². The van der Waals surface area contributed by atoms with E-state index in [9.17, 15) is 4.79 Å². The highest BCUT2D eigenvalue weighted by Crippen LogP contribution is 2.18. The van der Waals surface area contributed by atoms with Gasteiger partial charge in [-0.2, -0.15) is 0 Å². The second-order valence-corrected chi connectivity index (χ2v) is 5.24. The zero-order chi connectivity index (χ0) is 12.4. The van der Waals surface area contributed by atoms with E-state index in [-0.39, 0.29) is 5.91 Å². The molecule has 0 atom stereocenters. The van der Waals surface area contributed by atoms with Gasteiger partial charge in [0.05, 0.1) is 12.3 Å². The van der Waals surface area contributed by atoms with Crippen LogP contribution in [0.2, 0.25) is 0 Å². The minimum atomic E-state index is 0.0568.